The lowest BCUT2D eigenvalue weighted by Gasteiger charge is -2.35. The molecule has 0 radical (unpaired) electrons. The van der Waals surface area contributed by atoms with E-state index in [4.69, 9.17) is 0 Å². The highest BCUT2D eigenvalue weighted by atomic mass is 28.3. The topological polar surface area (TPSA) is 0 Å². The van der Waals surface area contributed by atoms with Crippen molar-refractivity contribution in [2.45, 2.75) is 0 Å². The number of hydrogen-bond donors (Lipinski definition) is 0. The first kappa shape index (κ1) is 29.3. The van der Waals surface area contributed by atoms with E-state index in [2.05, 4.69) is 97.1 Å². The van der Waals surface area contributed by atoms with Crippen LogP contribution in [0.2, 0.25) is 0 Å². The molecule has 0 unspecified atom stereocenters. The molecule has 0 aliphatic rings. The minimum absolute atomic E-state index is 0.260. The number of benzene rings is 7. The maximum atomic E-state index is 13.7. The van der Waals surface area contributed by atoms with Crippen LogP contribution in [0.4, 0.5) is 13.2 Å². The maximum absolute atomic E-state index is 13.7. The van der Waals surface area contributed by atoms with Gasteiger partial charge in [0.05, 0.1) is 0 Å². The summed E-state index contributed by atoms with van der Waals surface area (Å²) in [7, 11) is -2.88. The van der Waals surface area contributed by atoms with Crippen LogP contribution in [-0.2, 0) is 0 Å². The van der Waals surface area contributed by atoms with Crippen molar-refractivity contribution in [3.05, 3.63) is 193 Å². The molecule has 0 spiro atoms. The molecule has 0 atom stereocenters. The first-order chi connectivity index (χ1) is 22.5. The Kier molecular flexibility index (Phi) is 7.96. The van der Waals surface area contributed by atoms with Crippen LogP contribution in [0.25, 0.3) is 33.4 Å². The lowest BCUT2D eigenvalue weighted by atomic mass is 10.1. The molecule has 46 heavy (non-hydrogen) atoms. The monoisotopic (exact) mass is 618 g/mol. The minimum atomic E-state index is -2.88. The van der Waals surface area contributed by atoms with Gasteiger partial charge in [-0.25, -0.2) is 13.2 Å². The van der Waals surface area contributed by atoms with E-state index in [1.807, 2.05) is 6.07 Å². The Hall–Kier alpha value is -5.45. The second kappa shape index (κ2) is 12.5. The highest BCUT2D eigenvalue weighted by molar-refractivity contribution is 7.19. The summed E-state index contributed by atoms with van der Waals surface area (Å²) in [6.45, 7) is 0. The van der Waals surface area contributed by atoms with Gasteiger partial charge in [-0.3, -0.25) is 0 Å². The van der Waals surface area contributed by atoms with Crippen LogP contribution in [0.3, 0.4) is 0 Å². The van der Waals surface area contributed by atoms with Crippen molar-refractivity contribution in [1.82, 2.24) is 0 Å². The standard InChI is InChI=1S/C42H29F3Si/c43-36-18-6-30(7-19-36)33-12-24-40(25-13-33)46(39-4-2-1-3-5-39,41-26-14-34(15-27-41)31-8-20-37(44)21-9-31)42-28-16-35(17-29-42)32-10-22-38(45)23-11-32/h1-29H. The molecular weight excluding hydrogens is 590 g/mol. The molecule has 0 heterocycles. The summed E-state index contributed by atoms with van der Waals surface area (Å²) in [6.07, 6.45) is 0. The second-order valence-electron chi connectivity index (χ2n) is 11.4. The summed E-state index contributed by atoms with van der Waals surface area (Å²) in [5, 5.41) is 4.84. The number of hydrogen-bond acceptors (Lipinski definition) is 0. The van der Waals surface area contributed by atoms with Gasteiger partial charge in [-0.15, -0.1) is 0 Å². The molecule has 7 aromatic carbocycles. The third kappa shape index (κ3) is 5.60. The molecule has 0 N–H and O–H groups in total. The van der Waals surface area contributed by atoms with Gasteiger partial charge in [-0.2, -0.15) is 0 Å². The van der Waals surface area contributed by atoms with Gasteiger partial charge < -0.3 is 0 Å². The summed E-state index contributed by atoms with van der Waals surface area (Å²) in [5.41, 5.74) is 5.89. The van der Waals surface area contributed by atoms with Crippen molar-refractivity contribution >= 4 is 28.8 Å². The summed E-state index contributed by atoms with van der Waals surface area (Å²) in [4.78, 5) is 0. The molecular formula is C42H29F3Si. The van der Waals surface area contributed by atoms with E-state index in [0.717, 1.165) is 33.4 Å². The van der Waals surface area contributed by atoms with E-state index < -0.39 is 8.07 Å². The second-order valence-corrected chi connectivity index (χ2v) is 15.2. The van der Waals surface area contributed by atoms with Gasteiger partial charge in [0.15, 0.2) is 8.07 Å². The summed E-state index contributed by atoms with van der Waals surface area (Å²) >= 11 is 0. The zero-order chi connectivity index (χ0) is 31.5. The van der Waals surface area contributed by atoms with Gasteiger partial charge in [0, 0.05) is 0 Å². The fourth-order valence-electron chi connectivity index (χ4n) is 6.35. The van der Waals surface area contributed by atoms with E-state index in [9.17, 15) is 13.2 Å². The van der Waals surface area contributed by atoms with E-state index in [-0.39, 0.29) is 17.5 Å². The minimum Gasteiger partial charge on any atom is -0.207 e. The van der Waals surface area contributed by atoms with Gasteiger partial charge in [-0.05, 0) is 90.5 Å². The van der Waals surface area contributed by atoms with Crippen LogP contribution >= 0.6 is 0 Å². The Morgan fingerprint density at radius 2 is 0.457 bits per heavy atom. The van der Waals surface area contributed by atoms with Gasteiger partial charge in [0.25, 0.3) is 0 Å². The lowest BCUT2D eigenvalue weighted by molar-refractivity contribution is 0.627. The van der Waals surface area contributed by atoms with Gasteiger partial charge in [0.1, 0.15) is 17.5 Å². The predicted molar refractivity (Wildman–Crippen MR) is 186 cm³/mol. The zero-order valence-corrected chi connectivity index (χ0v) is 25.9. The van der Waals surface area contributed by atoms with Crippen LogP contribution in [0, 0.1) is 17.5 Å². The van der Waals surface area contributed by atoms with Crippen LogP contribution in [0.15, 0.2) is 176 Å². The van der Waals surface area contributed by atoms with Crippen LogP contribution < -0.4 is 20.7 Å². The Morgan fingerprint density at radius 1 is 0.239 bits per heavy atom. The molecule has 0 bridgehead atoms. The fraction of sp³-hybridized carbons (Fsp3) is 0. The SMILES string of the molecule is Fc1ccc(-c2ccc([Si](c3ccccc3)(c3ccc(-c4ccc(F)cc4)cc3)c3ccc(-c4ccc(F)cc4)cc3)cc2)cc1. The average Bonchev–Trinajstić information content (AvgIpc) is 3.11. The first-order valence-corrected chi connectivity index (χ1v) is 17.2. The molecule has 0 nitrogen and oxygen atoms in total. The van der Waals surface area contributed by atoms with E-state index >= 15 is 0 Å². The smallest absolute Gasteiger partial charge is 0.179 e. The van der Waals surface area contributed by atoms with Crippen molar-refractivity contribution in [2.24, 2.45) is 0 Å². The quantitative estimate of drug-likeness (QED) is 0.124. The molecule has 0 aliphatic carbocycles. The largest absolute Gasteiger partial charge is 0.207 e. The van der Waals surface area contributed by atoms with Gasteiger partial charge >= 0.3 is 0 Å². The van der Waals surface area contributed by atoms with Crippen molar-refractivity contribution in [3.8, 4) is 33.4 Å². The van der Waals surface area contributed by atoms with E-state index in [1.54, 1.807) is 36.4 Å². The van der Waals surface area contributed by atoms with Gasteiger partial charge in [-0.1, -0.05) is 140 Å². The summed E-state index contributed by atoms with van der Waals surface area (Å²) < 4.78 is 41.0. The normalized spacial score (nSPS) is 11.4. The third-order valence-corrected chi connectivity index (χ3v) is 13.5. The molecule has 0 amide bonds. The highest BCUT2D eigenvalue weighted by Gasteiger charge is 2.41. The van der Waals surface area contributed by atoms with Crippen molar-refractivity contribution in [2.75, 3.05) is 0 Å². The Bertz CT molecular complexity index is 1840. The fourth-order valence-corrected chi connectivity index (χ4v) is 11.0. The maximum Gasteiger partial charge on any atom is 0.179 e. The van der Waals surface area contributed by atoms with E-state index in [1.165, 1.54) is 57.1 Å². The van der Waals surface area contributed by atoms with Crippen molar-refractivity contribution in [1.29, 1.82) is 0 Å². The van der Waals surface area contributed by atoms with E-state index in [0.29, 0.717) is 0 Å². The molecule has 0 saturated carbocycles. The average molecular weight is 619 g/mol. The zero-order valence-electron chi connectivity index (χ0n) is 24.9. The van der Waals surface area contributed by atoms with Crippen LogP contribution in [-0.4, -0.2) is 8.07 Å². The van der Waals surface area contributed by atoms with Crippen molar-refractivity contribution < 1.29 is 13.2 Å². The molecule has 222 valence electrons. The lowest BCUT2D eigenvalue weighted by Crippen LogP contribution is -2.74. The van der Waals surface area contributed by atoms with Crippen molar-refractivity contribution in [3.63, 3.8) is 0 Å². The number of halogens is 3. The molecule has 0 saturated heterocycles. The molecule has 0 aliphatic heterocycles. The summed E-state index contributed by atoms with van der Waals surface area (Å²) in [5.74, 6) is -0.780. The Balaban J connectivity index is 1.42. The third-order valence-electron chi connectivity index (χ3n) is 8.69. The molecule has 4 heteroatoms. The first-order valence-electron chi connectivity index (χ1n) is 15.2. The van der Waals surface area contributed by atoms with Crippen LogP contribution in [0.5, 0.6) is 0 Å². The summed E-state index contributed by atoms with van der Waals surface area (Å²) in [6, 6.07) is 56.3. The molecule has 7 rings (SSSR count). The van der Waals surface area contributed by atoms with Crippen LogP contribution in [0.1, 0.15) is 0 Å². The molecule has 0 fully saturated rings. The molecule has 0 aromatic heterocycles. The predicted octanol–water partition coefficient (Wildman–Crippen LogP) is 8.48. The molecule has 7 aromatic rings. The Morgan fingerprint density at radius 3 is 0.717 bits per heavy atom. The number of rotatable bonds is 7. The Labute approximate surface area is 268 Å². The van der Waals surface area contributed by atoms with Gasteiger partial charge in [0.2, 0.25) is 0 Å². The highest BCUT2D eigenvalue weighted by Crippen LogP contribution is 2.24.